The van der Waals surface area contributed by atoms with E-state index >= 15 is 0 Å². The number of fused-ring (bicyclic) bond motifs is 1. The van der Waals surface area contributed by atoms with Gasteiger partial charge in [0.2, 0.25) is 0 Å². The number of nitrogens with one attached hydrogen (secondary N) is 2. The van der Waals surface area contributed by atoms with Gasteiger partial charge >= 0.3 is 6.18 Å². The fourth-order valence-electron chi connectivity index (χ4n) is 4.65. The summed E-state index contributed by atoms with van der Waals surface area (Å²) >= 11 is 0. The maximum absolute atomic E-state index is 13.9. The number of imidazole rings is 1. The number of hydrogen-bond acceptors (Lipinski definition) is 4. The van der Waals surface area contributed by atoms with E-state index in [0.29, 0.717) is 30.0 Å². The third kappa shape index (κ3) is 6.11. The van der Waals surface area contributed by atoms with E-state index < -0.39 is 17.6 Å². The van der Waals surface area contributed by atoms with Crippen molar-refractivity contribution in [3.8, 4) is 11.8 Å². The number of aromatic nitrogens is 2. The number of aromatic amines is 1. The number of aryl methyl sites for hydroxylation is 1. The molecule has 2 aromatic carbocycles. The van der Waals surface area contributed by atoms with Gasteiger partial charge in [0.1, 0.15) is 11.3 Å². The quantitative estimate of drug-likeness (QED) is 0.373. The van der Waals surface area contributed by atoms with E-state index in [9.17, 15) is 22.8 Å². The summed E-state index contributed by atoms with van der Waals surface area (Å²) in [5, 5.41) is 2.61. The van der Waals surface area contributed by atoms with E-state index in [1.807, 2.05) is 18.9 Å². The number of benzene rings is 2. The smallest absolute Gasteiger partial charge is 0.345 e. The van der Waals surface area contributed by atoms with E-state index in [4.69, 9.17) is 0 Å². The van der Waals surface area contributed by atoms with Crippen LogP contribution >= 0.6 is 0 Å². The van der Waals surface area contributed by atoms with Crippen molar-refractivity contribution in [3.63, 3.8) is 0 Å². The zero-order valence-corrected chi connectivity index (χ0v) is 22.1. The number of halogens is 3. The lowest BCUT2D eigenvalue weighted by Crippen LogP contribution is -2.44. The summed E-state index contributed by atoms with van der Waals surface area (Å²) in [5.74, 6) is 5.56. The predicted molar refractivity (Wildman–Crippen MR) is 147 cm³/mol. The lowest BCUT2D eigenvalue weighted by atomic mass is 10.0. The standard InChI is InChI=1S/C30H28F3N5O2/c1-20-3-4-22(15-21(20)6-8-25-18-34-28-17-26(39)9-10-38(25)28)29(40)35-24-7-5-23(27(16-24)30(31,32)33)19-37-13-11-36(2)12-14-37/h3-5,7,9-10,15-18,34H,11-14,19H2,1-2H3,(H,35,40). The zero-order valence-electron chi connectivity index (χ0n) is 22.1. The monoisotopic (exact) mass is 547 g/mol. The second kappa shape index (κ2) is 11.0. The first-order valence-electron chi connectivity index (χ1n) is 12.8. The summed E-state index contributed by atoms with van der Waals surface area (Å²) < 4.78 is 43.6. The Bertz CT molecular complexity index is 1690. The Balaban J connectivity index is 1.35. The van der Waals surface area contributed by atoms with Crippen molar-refractivity contribution in [2.24, 2.45) is 0 Å². The predicted octanol–water partition coefficient (Wildman–Crippen LogP) is 4.35. The highest BCUT2D eigenvalue weighted by molar-refractivity contribution is 6.04. The van der Waals surface area contributed by atoms with Gasteiger partial charge in [0.15, 0.2) is 5.43 Å². The minimum Gasteiger partial charge on any atom is -0.345 e. The summed E-state index contributed by atoms with van der Waals surface area (Å²) in [6.07, 6.45) is -1.25. The molecule has 2 N–H and O–H groups in total. The van der Waals surface area contributed by atoms with Crippen LogP contribution in [0, 0.1) is 18.8 Å². The van der Waals surface area contributed by atoms with Gasteiger partial charge in [-0.15, -0.1) is 0 Å². The van der Waals surface area contributed by atoms with Crippen LogP contribution in [0.2, 0.25) is 0 Å². The average molecular weight is 548 g/mol. The summed E-state index contributed by atoms with van der Waals surface area (Å²) in [5.41, 5.74) is 2.32. The lowest BCUT2D eigenvalue weighted by molar-refractivity contribution is -0.138. The second-order valence-electron chi connectivity index (χ2n) is 9.97. The molecule has 1 aliphatic heterocycles. The second-order valence-corrected chi connectivity index (χ2v) is 9.97. The van der Waals surface area contributed by atoms with E-state index in [-0.39, 0.29) is 28.8 Å². The van der Waals surface area contributed by atoms with Crippen molar-refractivity contribution in [3.05, 3.63) is 105 Å². The summed E-state index contributed by atoms with van der Waals surface area (Å²) in [7, 11) is 1.99. The maximum Gasteiger partial charge on any atom is 0.416 e. The number of anilines is 1. The lowest BCUT2D eigenvalue weighted by Gasteiger charge is -2.33. The molecule has 1 saturated heterocycles. The van der Waals surface area contributed by atoms with E-state index in [1.165, 1.54) is 24.3 Å². The van der Waals surface area contributed by atoms with Gasteiger partial charge in [-0.2, -0.15) is 13.2 Å². The molecular formula is C30H28F3N5O2. The number of carbonyl (C=O) groups is 1. The highest BCUT2D eigenvalue weighted by Crippen LogP contribution is 2.34. The number of carbonyl (C=O) groups excluding carboxylic acids is 1. The first kappa shape index (κ1) is 27.2. The number of H-pyrrole nitrogens is 1. The molecule has 0 atom stereocenters. The van der Waals surface area contributed by atoms with Crippen molar-refractivity contribution >= 4 is 17.2 Å². The van der Waals surface area contributed by atoms with E-state index in [1.54, 1.807) is 35.0 Å². The first-order valence-corrected chi connectivity index (χ1v) is 12.8. The van der Waals surface area contributed by atoms with Gasteiger partial charge in [0, 0.05) is 74.1 Å². The molecule has 0 aliphatic carbocycles. The van der Waals surface area contributed by atoms with Gasteiger partial charge in [-0.05, 0) is 55.3 Å². The Kier molecular flexibility index (Phi) is 7.52. The Labute approximate surface area is 229 Å². The molecule has 1 fully saturated rings. The normalized spacial score (nSPS) is 14.6. The molecule has 0 bridgehead atoms. The Morgan fingerprint density at radius 3 is 2.55 bits per heavy atom. The summed E-state index contributed by atoms with van der Waals surface area (Å²) in [6, 6.07) is 11.8. The molecule has 4 aromatic rings. The van der Waals surface area contributed by atoms with Crippen LogP contribution in [0.5, 0.6) is 0 Å². The molecule has 0 spiro atoms. The van der Waals surface area contributed by atoms with E-state index in [0.717, 1.165) is 24.7 Å². The van der Waals surface area contributed by atoms with Crippen LogP contribution in [0.3, 0.4) is 0 Å². The number of alkyl halides is 3. The molecular weight excluding hydrogens is 519 g/mol. The number of pyridine rings is 1. The summed E-state index contributed by atoms with van der Waals surface area (Å²) in [4.78, 5) is 31.7. The molecule has 1 aliphatic rings. The van der Waals surface area contributed by atoms with E-state index in [2.05, 4.69) is 27.0 Å². The van der Waals surface area contributed by atoms with Gasteiger partial charge < -0.3 is 15.2 Å². The van der Waals surface area contributed by atoms with Crippen LogP contribution < -0.4 is 10.7 Å². The largest absolute Gasteiger partial charge is 0.416 e. The first-order chi connectivity index (χ1) is 19.1. The fraction of sp³-hybridized carbons (Fsp3) is 0.267. The van der Waals surface area contributed by atoms with Crippen molar-refractivity contribution in [1.29, 1.82) is 0 Å². The number of piperazine rings is 1. The van der Waals surface area contributed by atoms with Crippen molar-refractivity contribution in [2.45, 2.75) is 19.6 Å². The van der Waals surface area contributed by atoms with Crippen LogP contribution in [0.1, 0.15) is 38.3 Å². The van der Waals surface area contributed by atoms with Gasteiger partial charge in [0.05, 0.1) is 5.56 Å². The number of nitrogens with zero attached hydrogens (tertiary/aromatic N) is 3. The molecule has 10 heteroatoms. The number of rotatable bonds is 4. The van der Waals surface area contributed by atoms with Gasteiger partial charge in [-0.3, -0.25) is 18.9 Å². The molecule has 7 nitrogen and oxygen atoms in total. The van der Waals surface area contributed by atoms with Crippen molar-refractivity contribution < 1.29 is 18.0 Å². The number of likely N-dealkylation sites (N-methyl/N-ethyl adjacent to an activating group) is 1. The molecule has 5 rings (SSSR count). The molecule has 0 radical (unpaired) electrons. The van der Waals surface area contributed by atoms with Crippen molar-refractivity contribution in [1.82, 2.24) is 19.2 Å². The van der Waals surface area contributed by atoms with Gasteiger partial charge in [-0.1, -0.05) is 18.1 Å². The molecule has 0 unspecified atom stereocenters. The molecule has 1 amide bonds. The zero-order chi connectivity index (χ0) is 28.4. The third-order valence-electron chi connectivity index (χ3n) is 7.03. The van der Waals surface area contributed by atoms with Crippen LogP contribution in [0.15, 0.2) is 65.7 Å². The summed E-state index contributed by atoms with van der Waals surface area (Å²) in [6.45, 7) is 5.06. The Morgan fingerprint density at radius 2 is 1.80 bits per heavy atom. The fourth-order valence-corrected chi connectivity index (χ4v) is 4.65. The number of amides is 1. The topological polar surface area (TPSA) is 72.8 Å². The highest BCUT2D eigenvalue weighted by Gasteiger charge is 2.34. The molecule has 0 saturated carbocycles. The van der Waals surface area contributed by atoms with Crippen molar-refractivity contribution in [2.75, 3.05) is 38.5 Å². The van der Waals surface area contributed by atoms with Gasteiger partial charge in [0.25, 0.3) is 5.91 Å². The maximum atomic E-state index is 13.9. The Morgan fingerprint density at radius 1 is 1.02 bits per heavy atom. The Hall–Kier alpha value is -4.33. The highest BCUT2D eigenvalue weighted by atomic mass is 19.4. The molecule has 40 heavy (non-hydrogen) atoms. The number of hydrogen-bond donors (Lipinski definition) is 2. The minimum absolute atomic E-state index is 0.0700. The van der Waals surface area contributed by atoms with Gasteiger partial charge in [-0.25, -0.2) is 0 Å². The van der Waals surface area contributed by atoms with Crippen LogP contribution in [-0.4, -0.2) is 58.3 Å². The van der Waals surface area contributed by atoms with Crippen LogP contribution in [-0.2, 0) is 12.7 Å². The SMILES string of the molecule is Cc1ccc(C(=O)Nc2ccc(CN3CCN(C)CC3)c(C(F)(F)F)c2)cc1C#Cc1c[nH]c2cc(=O)ccn12. The molecule has 3 heterocycles. The third-order valence-corrected chi connectivity index (χ3v) is 7.03. The van der Waals surface area contributed by atoms with Crippen LogP contribution in [0.4, 0.5) is 18.9 Å². The average Bonchev–Trinajstić information content (AvgIpc) is 3.31. The van der Waals surface area contributed by atoms with Crippen LogP contribution in [0.25, 0.3) is 5.65 Å². The molecule has 206 valence electrons. The molecule has 2 aromatic heterocycles. The minimum atomic E-state index is -4.55.